The van der Waals surface area contributed by atoms with E-state index in [4.69, 9.17) is 4.74 Å². The Bertz CT molecular complexity index is 1080. The number of thiazole rings is 1. The van der Waals surface area contributed by atoms with Gasteiger partial charge in [-0.05, 0) is 24.3 Å². The SMILES string of the molecule is COc1cccc(C(=O)Nc2nc(C(=O)Nc3cnccc3N3CCNCC3)cs2)c1. The fourth-order valence-corrected chi connectivity index (χ4v) is 3.91. The van der Waals surface area contributed by atoms with Crippen molar-refractivity contribution in [2.75, 3.05) is 48.8 Å². The van der Waals surface area contributed by atoms with Crippen molar-refractivity contribution in [3.63, 3.8) is 0 Å². The number of anilines is 3. The maximum atomic E-state index is 12.7. The molecule has 1 aromatic carbocycles. The topological polar surface area (TPSA) is 108 Å². The van der Waals surface area contributed by atoms with E-state index < -0.39 is 0 Å². The smallest absolute Gasteiger partial charge is 0.275 e. The van der Waals surface area contributed by atoms with Gasteiger partial charge in [-0.25, -0.2) is 4.98 Å². The number of methoxy groups -OCH3 is 1. The predicted molar refractivity (Wildman–Crippen MR) is 120 cm³/mol. The third-order valence-corrected chi connectivity index (χ3v) is 5.55. The summed E-state index contributed by atoms with van der Waals surface area (Å²) in [5.41, 5.74) is 2.22. The number of rotatable bonds is 6. The Morgan fingerprint density at radius 1 is 1.16 bits per heavy atom. The van der Waals surface area contributed by atoms with E-state index in [1.807, 2.05) is 6.07 Å². The quantitative estimate of drug-likeness (QED) is 0.542. The molecule has 1 fully saturated rings. The van der Waals surface area contributed by atoms with Crippen LogP contribution in [-0.4, -0.2) is 55.1 Å². The average molecular weight is 439 g/mol. The van der Waals surface area contributed by atoms with Crippen LogP contribution in [0.5, 0.6) is 5.75 Å². The van der Waals surface area contributed by atoms with Crippen molar-refractivity contribution >= 4 is 39.7 Å². The Hall–Kier alpha value is -3.50. The fourth-order valence-electron chi connectivity index (χ4n) is 3.22. The van der Waals surface area contributed by atoms with Crippen LogP contribution in [0.2, 0.25) is 0 Å². The normalized spacial score (nSPS) is 13.5. The lowest BCUT2D eigenvalue weighted by Crippen LogP contribution is -2.43. The van der Waals surface area contributed by atoms with Crippen LogP contribution < -0.4 is 25.6 Å². The van der Waals surface area contributed by atoms with E-state index in [0.29, 0.717) is 22.1 Å². The van der Waals surface area contributed by atoms with Crippen LogP contribution in [0.1, 0.15) is 20.8 Å². The summed E-state index contributed by atoms with van der Waals surface area (Å²) < 4.78 is 5.14. The van der Waals surface area contributed by atoms with Crippen LogP contribution in [0.4, 0.5) is 16.5 Å². The summed E-state index contributed by atoms with van der Waals surface area (Å²) in [7, 11) is 1.54. The minimum Gasteiger partial charge on any atom is -0.497 e. The van der Waals surface area contributed by atoms with Gasteiger partial charge in [-0.3, -0.25) is 19.9 Å². The zero-order valence-corrected chi connectivity index (χ0v) is 17.7. The van der Waals surface area contributed by atoms with Crippen LogP contribution in [0.3, 0.4) is 0 Å². The number of carbonyl (C=O) groups is 2. The summed E-state index contributed by atoms with van der Waals surface area (Å²) >= 11 is 1.18. The van der Waals surface area contributed by atoms with Crippen molar-refractivity contribution in [1.29, 1.82) is 0 Å². The van der Waals surface area contributed by atoms with Crippen molar-refractivity contribution in [2.45, 2.75) is 0 Å². The highest BCUT2D eigenvalue weighted by Gasteiger charge is 2.18. The summed E-state index contributed by atoms with van der Waals surface area (Å²) in [4.78, 5) is 35.8. The zero-order valence-electron chi connectivity index (χ0n) is 16.9. The van der Waals surface area contributed by atoms with E-state index in [2.05, 4.69) is 30.8 Å². The molecule has 0 aliphatic carbocycles. The lowest BCUT2D eigenvalue weighted by molar-refractivity contribution is 0.101. The first-order valence-corrected chi connectivity index (χ1v) is 10.6. The number of carbonyl (C=O) groups excluding carboxylic acids is 2. The molecule has 3 N–H and O–H groups in total. The first-order chi connectivity index (χ1) is 15.1. The molecule has 0 unspecified atom stereocenters. The Kier molecular flexibility index (Phi) is 6.39. The number of amides is 2. The highest BCUT2D eigenvalue weighted by molar-refractivity contribution is 7.14. The zero-order chi connectivity index (χ0) is 21.6. The highest BCUT2D eigenvalue weighted by Crippen LogP contribution is 2.26. The van der Waals surface area contributed by atoms with E-state index in [1.165, 1.54) is 11.3 Å². The van der Waals surface area contributed by atoms with Crippen LogP contribution in [-0.2, 0) is 0 Å². The van der Waals surface area contributed by atoms with Gasteiger partial charge in [0.1, 0.15) is 11.4 Å². The first kappa shape index (κ1) is 20.8. The maximum absolute atomic E-state index is 12.7. The average Bonchev–Trinajstić information content (AvgIpc) is 3.28. The van der Waals surface area contributed by atoms with Crippen molar-refractivity contribution in [2.24, 2.45) is 0 Å². The number of nitrogens with zero attached hydrogens (tertiary/aromatic N) is 3. The second-order valence-corrected chi connectivity index (χ2v) is 7.67. The molecule has 1 aliphatic rings. The molecule has 3 heterocycles. The van der Waals surface area contributed by atoms with Crippen LogP contribution >= 0.6 is 11.3 Å². The molecule has 31 heavy (non-hydrogen) atoms. The largest absolute Gasteiger partial charge is 0.497 e. The lowest BCUT2D eigenvalue weighted by Gasteiger charge is -2.30. The number of pyridine rings is 1. The van der Waals surface area contributed by atoms with Gasteiger partial charge in [-0.1, -0.05) is 6.07 Å². The molecule has 160 valence electrons. The van der Waals surface area contributed by atoms with E-state index in [9.17, 15) is 9.59 Å². The van der Waals surface area contributed by atoms with Gasteiger partial charge in [0, 0.05) is 43.3 Å². The minimum atomic E-state index is -0.359. The number of nitrogens with one attached hydrogen (secondary N) is 3. The Morgan fingerprint density at radius 3 is 2.81 bits per heavy atom. The van der Waals surface area contributed by atoms with Gasteiger partial charge in [-0.2, -0.15) is 0 Å². The fraction of sp³-hybridized carbons (Fsp3) is 0.238. The Labute approximate surface area is 183 Å². The summed E-state index contributed by atoms with van der Waals surface area (Å²) in [6.45, 7) is 3.48. The molecule has 2 aromatic heterocycles. The number of benzene rings is 1. The Balaban J connectivity index is 1.43. The van der Waals surface area contributed by atoms with Gasteiger partial charge < -0.3 is 20.3 Å². The van der Waals surface area contributed by atoms with E-state index in [1.54, 1.807) is 49.1 Å². The molecule has 10 heteroatoms. The summed E-state index contributed by atoms with van der Waals surface area (Å²) in [6.07, 6.45) is 3.34. The summed E-state index contributed by atoms with van der Waals surface area (Å²) in [6, 6.07) is 8.70. The van der Waals surface area contributed by atoms with E-state index >= 15 is 0 Å². The molecule has 0 saturated carbocycles. The van der Waals surface area contributed by atoms with Gasteiger partial charge >= 0.3 is 0 Å². The molecule has 0 spiro atoms. The third kappa shape index (κ3) is 4.98. The molecule has 2 amide bonds. The molecular weight excluding hydrogens is 416 g/mol. The summed E-state index contributed by atoms with van der Waals surface area (Å²) in [5, 5.41) is 10.9. The van der Waals surface area contributed by atoms with Crippen molar-refractivity contribution in [1.82, 2.24) is 15.3 Å². The van der Waals surface area contributed by atoms with Crippen molar-refractivity contribution < 1.29 is 14.3 Å². The van der Waals surface area contributed by atoms with Gasteiger partial charge in [0.15, 0.2) is 5.13 Å². The molecule has 3 aromatic rings. The number of hydrogen-bond acceptors (Lipinski definition) is 8. The number of piperazine rings is 1. The maximum Gasteiger partial charge on any atom is 0.275 e. The molecule has 1 saturated heterocycles. The predicted octanol–water partition coefficient (Wildman–Crippen LogP) is 2.46. The highest BCUT2D eigenvalue weighted by atomic mass is 32.1. The van der Waals surface area contributed by atoms with E-state index in [0.717, 1.165) is 31.9 Å². The first-order valence-electron chi connectivity index (χ1n) is 9.76. The van der Waals surface area contributed by atoms with Crippen LogP contribution in [0, 0.1) is 0 Å². The minimum absolute atomic E-state index is 0.223. The van der Waals surface area contributed by atoms with Gasteiger partial charge in [-0.15, -0.1) is 11.3 Å². The third-order valence-electron chi connectivity index (χ3n) is 4.79. The second-order valence-electron chi connectivity index (χ2n) is 6.81. The van der Waals surface area contributed by atoms with Gasteiger partial charge in [0.05, 0.1) is 24.7 Å². The molecule has 0 bridgehead atoms. The van der Waals surface area contributed by atoms with Crippen molar-refractivity contribution in [3.8, 4) is 5.75 Å². The standard InChI is InChI=1S/C21H22N6O3S/c1-30-15-4-2-3-14(11-15)19(28)26-21-25-17(13-31-21)20(29)24-16-12-23-6-5-18(16)27-9-7-22-8-10-27/h2-6,11-13,22H,7-10H2,1H3,(H,24,29)(H,25,26,28). The van der Waals surface area contributed by atoms with Crippen LogP contribution in [0.25, 0.3) is 0 Å². The van der Waals surface area contributed by atoms with Gasteiger partial charge in [0.2, 0.25) is 0 Å². The molecule has 1 aliphatic heterocycles. The monoisotopic (exact) mass is 438 g/mol. The molecule has 0 radical (unpaired) electrons. The number of aromatic nitrogens is 2. The Morgan fingerprint density at radius 2 is 2.00 bits per heavy atom. The molecule has 9 nitrogen and oxygen atoms in total. The molecular formula is C21H22N6O3S. The second kappa shape index (κ2) is 9.54. The lowest BCUT2D eigenvalue weighted by atomic mass is 10.2. The molecule has 0 atom stereocenters. The molecule has 4 rings (SSSR count). The van der Waals surface area contributed by atoms with Crippen LogP contribution in [0.15, 0.2) is 48.1 Å². The van der Waals surface area contributed by atoms with Crippen molar-refractivity contribution in [3.05, 3.63) is 59.4 Å². The number of hydrogen-bond donors (Lipinski definition) is 3. The summed E-state index contributed by atoms with van der Waals surface area (Å²) in [5.74, 6) is -0.0976. The number of ether oxygens (including phenoxy) is 1. The van der Waals surface area contributed by atoms with E-state index in [-0.39, 0.29) is 17.5 Å². The van der Waals surface area contributed by atoms with Gasteiger partial charge in [0.25, 0.3) is 11.8 Å².